The van der Waals surface area contributed by atoms with E-state index in [-0.39, 0.29) is 0 Å². The lowest BCUT2D eigenvalue weighted by atomic mass is 9.91. The lowest BCUT2D eigenvalue weighted by molar-refractivity contribution is 1.04. The third-order valence-corrected chi connectivity index (χ3v) is 8.10. The minimum absolute atomic E-state index is 0.992. The van der Waals surface area contributed by atoms with E-state index in [4.69, 9.17) is 9.97 Å². The minimum Gasteiger partial charge on any atom is -0.245 e. The molecule has 2 aromatic heterocycles. The topological polar surface area (TPSA) is 25.8 Å². The van der Waals surface area contributed by atoms with E-state index in [0.29, 0.717) is 0 Å². The van der Waals surface area contributed by atoms with Crippen LogP contribution in [0.4, 0.5) is 0 Å². The molecule has 0 saturated carbocycles. The third kappa shape index (κ3) is 4.62. The van der Waals surface area contributed by atoms with Gasteiger partial charge in [-0.05, 0) is 84.0 Å². The van der Waals surface area contributed by atoms with Crippen molar-refractivity contribution in [1.82, 2.24) is 9.97 Å². The lowest BCUT2D eigenvalue weighted by Crippen LogP contribution is -2.01. The van der Waals surface area contributed by atoms with Gasteiger partial charge in [0.15, 0.2) is 0 Å². The van der Waals surface area contributed by atoms with E-state index >= 15 is 0 Å². The molecule has 0 N–H and O–H groups in total. The summed E-state index contributed by atoms with van der Waals surface area (Å²) in [6.45, 7) is 13.5. The van der Waals surface area contributed by atoms with Crippen molar-refractivity contribution in [3.63, 3.8) is 0 Å². The second-order valence-electron chi connectivity index (χ2n) is 10.3. The largest absolute Gasteiger partial charge is 0.245 e. The molecule has 5 rings (SSSR count). The maximum Gasteiger partial charge on any atom is 0.0972 e. The van der Waals surface area contributed by atoms with Crippen molar-refractivity contribution in [3.8, 4) is 22.5 Å². The van der Waals surface area contributed by atoms with Crippen LogP contribution in [-0.4, -0.2) is 9.97 Å². The van der Waals surface area contributed by atoms with E-state index in [2.05, 4.69) is 102 Å². The maximum atomic E-state index is 5.33. The standard InChI is InChI=1S/C36H40N2/c1-7-23-19-25(9-3)33(26(10-4)20-23)31-17-15-29-13-14-30-16-18-32(38-36(30)35(29)37-31)34-27(11-5)21-24(8-2)22-28(34)12-6/h13-22H,7-12H2,1-6H3. The van der Waals surface area contributed by atoms with Gasteiger partial charge in [-0.25, -0.2) is 9.97 Å². The molecule has 0 amide bonds. The van der Waals surface area contributed by atoms with E-state index in [0.717, 1.165) is 71.7 Å². The summed E-state index contributed by atoms with van der Waals surface area (Å²) >= 11 is 0. The van der Waals surface area contributed by atoms with Crippen LogP contribution in [0.2, 0.25) is 0 Å². The average molecular weight is 501 g/mol. The van der Waals surface area contributed by atoms with E-state index in [1.165, 1.54) is 44.5 Å². The van der Waals surface area contributed by atoms with Crippen molar-refractivity contribution < 1.29 is 0 Å². The highest BCUT2D eigenvalue weighted by Gasteiger charge is 2.16. The normalized spacial score (nSPS) is 11.5. The molecule has 0 atom stereocenters. The molecule has 0 unspecified atom stereocenters. The zero-order valence-corrected chi connectivity index (χ0v) is 23.9. The summed E-state index contributed by atoms with van der Waals surface area (Å²) in [4.78, 5) is 10.7. The molecule has 2 heteroatoms. The first-order valence-electron chi connectivity index (χ1n) is 14.5. The zero-order valence-electron chi connectivity index (χ0n) is 23.9. The highest BCUT2D eigenvalue weighted by Crippen LogP contribution is 2.35. The van der Waals surface area contributed by atoms with Crippen LogP contribution in [0.15, 0.2) is 60.7 Å². The van der Waals surface area contributed by atoms with Crippen LogP contribution in [0.1, 0.15) is 74.9 Å². The van der Waals surface area contributed by atoms with Crippen molar-refractivity contribution in [2.45, 2.75) is 80.1 Å². The van der Waals surface area contributed by atoms with Crippen LogP contribution in [-0.2, 0) is 38.5 Å². The van der Waals surface area contributed by atoms with Gasteiger partial charge in [-0.1, -0.05) is 90.1 Å². The first-order chi connectivity index (χ1) is 18.5. The van der Waals surface area contributed by atoms with Crippen LogP contribution < -0.4 is 0 Å². The van der Waals surface area contributed by atoms with Crippen molar-refractivity contribution in [2.24, 2.45) is 0 Å². The monoisotopic (exact) mass is 500 g/mol. The Bertz CT molecular complexity index is 1450. The Kier molecular flexibility index (Phi) is 7.61. The summed E-state index contributed by atoms with van der Waals surface area (Å²) in [7, 11) is 0. The molecule has 2 nitrogen and oxygen atoms in total. The minimum atomic E-state index is 0.992. The predicted octanol–water partition coefficient (Wildman–Crippen LogP) is 9.49. The molecule has 0 radical (unpaired) electrons. The molecule has 3 aromatic carbocycles. The second kappa shape index (κ2) is 11.1. The Balaban J connectivity index is 1.76. The fraction of sp³-hybridized carbons (Fsp3) is 0.333. The first kappa shape index (κ1) is 26.1. The van der Waals surface area contributed by atoms with Crippen molar-refractivity contribution in [1.29, 1.82) is 0 Å². The van der Waals surface area contributed by atoms with Crippen LogP contribution in [0.3, 0.4) is 0 Å². The van der Waals surface area contributed by atoms with Gasteiger partial charge in [0.05, 0.1) is 22.4 Å². The molecule has 2 heterocycles. The summed E-state index contributed by atoms with van der Waals surface area (Å²) in [5.41, 5.74) is 15.1. The number of nitrogens with zero attached hydrogens (tertiary/aromatic N) is 2. The van der Waals surface area contributed by atoms with Crippen LogP contribution in [0.25, 0.3) is 44.3 Å². The van der Waals surface area contributed by atoms with Gasteiger partial charge in [0, 0.05) is 21.9 Å². The summed E-state index contributed by atoms with van der Waals surface area (Å²) in [5.74, 6) is 0. The predicted molar refractivity (Wildman–Crippen MR) is 164 cm³/mol. The number of rotatable bonds is 8. The SMILES string of the molecule is CCc1cc(CC)c(-c2ccc3ccc4ccc(-c5c(CC)cc(CC)cc5CC)nc4c3n2)c(CC)c1. The van der Waals surface area contributed by atoms with E-state index < -0.39 is 0 Å². The third-order valence-electron chi connectivity index (χ3n) is 8.10. The molecule has 0 aliphatic heterocycles. The summed E-state index contributed by atoms with van der Waals surface area (Å²) in [5, 5.41) is 2.28. The highest BCUT2D eigenvalue weighted by molar-refractivity contribution is 6.04. The maximum absolute atomic E-state index is 5.33. The first-order valence-corrected chi connectivity index (χ1v) is 14.5. The summed E-state index contributed by atoms with van der Waals surface area (Å²) in [6, 6.07) is 22.7. The highest BCUT2D eigenvalue weighted by atomic mass is 14.8. The molecule has 5 aromatic rings. The fourth-order valence-electron chi connectivity index (χ4n) is 5.91. The van der Waals surface area contributed by atoms with Gasteiger partial charge in [0.1, 0.15) is 0 Å². The Morgan fingerprint density at radius 2 is 0.737 bits per heavy atom. The average Bonchev–Trinajstić information content (AvgIpc) is 2.98. The van der Waals surface area contributed by atoms with Crippen molar-refractivity contribution >= 4 is 21.8 Å². The number of fused-ring (bicyclic) bond motifs is 3. The molecule has 0 aliphatic rings. The number of aromatic nitrogens is 2. The van der Waals surface area contributed by atoms with Crippen LogP contribution in [0, 0.1) is 0 Å². The number of hydrogen-bond acceptors (Lipinski definition) is 2. The van der Waals surface area contributed by atoms with Crippen molar-refractivity contribution in [3.05, 3.63) is 94.0 Å². The molecule has 0 fully saturated rings. The van der Waals surface area contributed by atoms with Gasteiger partial charge in [-0.2, -0.15) is 0 Å². The van der Waals surface area contributed by atoms with Gasteiger partial charge in [0.2, 0.25) is 0 Å². The second-order valence-corrected chi connectivity index (χ2v) is 10.3. The Labute approximate surface area is 228 Å². The van der Waals surface area contributed by atoms with Gasteiger partial charge in [-0.15, -0.1) is 0 Å². The molecule has 0 saturated heterocycles. The zero-order chi connectivity index (χ0) is 26.8. The van der Waals surface area contributed by atoms with Gasteiger partial charge in [-0.3, -0.25) is 0 Å². The number of pyridine rings is 2. The summed E-state index contributed by atoms with van der Waals surface area (Å²) < 4.78 is 0. The molecular weight excluding hydrogens is 460 g/mol. The lowest BCUT2D eigenvalue weighted by Gasteiger charge is -2.17. The Morgan fingerprint density at radius 1 is 0.421 bits per heavy atom. The van der Waals surface area contributed by atoms with Crippen LogP contribution in [0.5, 0.6) is 0 Å². The quantitative estimate of drug-likeness (QED) is 0.198. The molecular formula is C36H40N2. The molecule has 0 aliphatic carbocycles. The van der Waals surface area contributed by atoms with Gasteiger partial charge < -0.3 is 0 Å². The molecule has 0 spiro atoms. The van der Waals surface area contributed by atoms with Gasteiger partial charge in [0.25, 0.3) is 0 Å². The number of benzene rings is 3. The van der Waals surface area contributed by atoms with E-state index in [1.807, 2.05) is 0 Å². The molecule has 194 valence electrons. The van der Waals surface area contributed by atoms with E-state index in [1.54, 1.807) is 0 Å². The molecule has 38 heavy (non-hydrogen) atoms. The van der Waals surface area contributed by atoms with Gasteiger partial charge >= 0.3 is 0 Å². The fourth-order valence-corrected chi connectivity index (χ4v) is 5.91. The molecule has 0 bridgehead atoms. The Hall–Kier alpha value is -3.52. The summed E-state index contributed by atoms with van der Waals surface area (Å²) in [6.07, 6.45) is 6.12. The Morgan fingerprint density at radius 3 is 1.03 bits per heavy atom. The number of hydrogen-bond donors (Lipinski definition) is 0. The van der Waals surface area contributed by atoms with Crippen molar-refractivity contribution in [2.75, 3.05) is 0 Å². The van der Waals surface area contributed by atoms with E-state index in [9.17, 15) is 0 Å². The smallest absolute Gasteiger partial charge is 0.0972 e. The number of aryl methyl sites for hydroxylation is 6. The van der Waals surface area contributed by atoms with Crippen LogP contribution >= 0.6 is 0 Å².